The molecular formula is C21H39NO3. The molecule has 2 saturated heterocycles. The fourth-order valence-corrected chi connectivity index (χ4v) is 4.28. The molecule has 0 aromatic carbocycles. The van der Waals surface area contributed by atoms with Gasteiger partial charge in [0.2, 0.25) is 6.41 Å². The Hall–Kier alpha value is -0.610. The summed E-state index contributed by atoms with van der Waals surface area (Å²) in [7, 11) is 0. The maximum atomic E-state index is 9.89. The Bertz CT molecular complexity index is 435. The molecule has 3 fully saturated rings. The Labute approximate surface area is 154 Å². The van der Waals surface area contributed by atoms with E-state index in [-0.39, 0.29) is 5.60 Å². The van der Waals surface area contributed by atoms with Gasteiger partial charge in [0.25, 0.3) is 0 Å². The fourth-order valence-electron chi connectivity index (χ4n) is 4.28. The van der Waals surface area contributed by atoms with E-state index in [9.17, 15) is 4.79 Å². The largest absolute Gasteiger partial charge is 0.370 e. The van der Waals surface area contributed by atoms with Gasteiger partial charge in [-0.15, -0.1) is 0 Å². The van der Waals surface area contributed by atoms with Gasteiger partial charge in [-0.3, -0.25) is 4.79 Å². The maximum absolute atomic E-state index is 9.89. The van der Waals surface area contributed by atoms with Gasteiger partial charge >= 0.3 is 0 Å². The lowest BCUT2D eigenvalue weighted by Crippen LogP contribution is -2.31. The summed E-state index contributed by atoms with van der Waals surface area (Å²) in [6.45, 7) is 14.8. The van der Waals surface area contributed by atoms with E-state index in [4.69, 9.17) is 9.47 Å². The summed E-state index contributed by atoms with van der Waals surface area (Å²) < 4.78 is 11.4. The smallest absolute Gasteiger partial charge is 0.209 e. The highest BCUT2D eigenvalue weighted by Gasteiger charge is 2.51. The fraction of sp³-hybridized carbons (Fsp3) is 0.952. The number of hydrogen-bond acceptors (Lipinski definition) is 3. The van der Waals surface area contributed by atoms with Crippen LogP contribution in [0.5, 0.6) is 0 Å². The minimum Gasteiger partial charge on any atom is -0.370 e. The molecule has 2 aliphatic heterocycles. The summed E-state index contributed by atoms with van der Waals surface area (Å²) in [5.74, 6) is 0.869. The van der Waals surface area contributed by atoms with Crippen LogP contribution in [0.3, 0.4) is 0 Å². The highest BCUT2D eigenvalue weighted by atomic mass is 16.6. The molecule has 5 unspecified atom stereocenters. The molecule has 0 radical (unpaired) electrons. The zero-order valence-corrected chi connectivity index (χ0v) is 17.2. The van der Waals surface area contributed by atoms with Gasteiger partial charge in [-0.2, -0.15) is 0 Å². The van der Waals surface area contributed by atoms with Gasteiger partial charge < -0.3 is 14.4 Å². The molecule has 0 aromatic rings. The molecule has 0 bridgehead atoms. The molecule has 0 N–H and O–H groups in total. The van der Waals surface area contributed by atoms with Gasteiger partial charge in [0.15, 0.2) is 0 Å². The summed E-state index contributed by atoms with van der Waals surface area (Å²) in [5, 5.41) is 0. The van der Waals surface area contributed by atoms with Crippen LogP contribution in [0.1, 0.15) is 80.1 Å². The summed E-state index contributed by atoms with van der Waals surface area (Å²) >= 11 is 0. The van der Waals surface area contributed by atoms with Gasteiger partial charge in [0.05, 0.1) is 23.9 Å². The Balaban J connectivity index is 0.000000277. The van der Waals surface area contributed by atoms with Crippen LogP contribution < -0.4 is 0 Å². The molecule has 1 amide bonds. The number of fused-ring (bicyclic) bond motifs is 1. The van der Waals surface area contributed by atoms with E-state index in [1.807, 2.05) is 13.8 Å². The first kappa shape index (κ1) is 20.7. The van der Waals surface area contributed by atoms with Crippen molar-refractivity contribution in [3.63, 3.8) is 0 Å². The molecule has 0 aromatic heterocycles. The minimum absolute atomic E-state index is 0.159. The number of rotatable bonds is 8. The van der Waals surface area contributed by atoms with Gasteiger partial charge in [0, 0.05) is 13.1 Å². The number of epoxide rings is 2. The molecule has 0 spiro atoms. The minimum atomic E-state index is 0.159. The van der Waals surface area contributed by atoms with Crippen molar-refractivity contribution in [1.82, 2.24) is 4.90 Å². The summed E-state index contributed by atoms with van der Waals surface area (Å²) in [6.07, 6.45) is 10.5. The van der Waals surface area contributed by atoms with Crippen molar-refractivity contribution in [3.8, 4) is 0 Å². The Kier molecular flexibility index (Phi) is 6.94. The zero-order chi connectivity index (χ0) is 18.7. The molecule has 3 aliphatic rings. The van der Waals surface area contributed by atoms with Crippen LogP contribution in [0.15, 0.2) is 0 Å². The number of carbonyl (C=O) groups is 1. The lowest BCUT2D eigenvalue weighted by Gasteiger charge is -2.38. The van der Waals surface area contributed by atoms with Crippen molar-refractivity contribution in [2.45, 2.75) is 104 Å². The first-order valence-electron chi connectivity index (χ1n) is 10.3. The van der Waals surface area contributed by atoms with Gasteiger partial charge in [-0.1, -0.05) is 20.3 Å². The van der Waals surface area contributed by atoms with E-state index in [2.05, 4.69) is 27.7 Å². The van der Waals surface area contributed by atoms with Crippen molar-refractivity contribution in [3.05, 3.63) is 0 Å². The van der Waals surface area contributed by atoms with E-state index >= 15 is 0 Å². The molecule has 1 saturated carbocycles. The van der Waals surface area contributed by atoms with Crippen molar-refractivity contribution in [2.24, 2.45) is 11.3 Å². The average Bonchev–Trinajstić information content (AvgIpc) is 3.50. The third kappa shape index (κ3) is 5.43. The standard InChI is InChI=1S/C16H28O2.C5H11NO/c1-5-16(4,9-8-14-15(2,3)18-14)11-6-7-12-13(10-11)17-12;1-3-6(4-2)5-7/h11-14H,5-10H2,1-4H3;5H,3-4H2,1-2H3. The van der Waals surface area contributed by atoms with Gasteiger partial charge in [0.1, 0.15) is 0 Å². The summed E-state index contributed by atoms with van der Waals surface area (Å²) in [6, 6.07) is 0. The summed E-state index contributed by atoms with van der Waals surface area (Å²) in [5.41, 5.74) is 0.658. The number of nitrogens with zero attached hydrogens (tertiary/aromatic N) is 1. The number of ether oxygens (including phenoxy) is 2. The third-order valence-corrected chi connectivity index (χ3v) is 6.90. The van der Waals surface area contributed by atoms with E-state index in [1.54, 1.807) is 4.90 Å². The molecule has 146 valence electrons. The lowest BCUT2D eigenvalue weighted by molar-refractivity contribution is -0.117. The highest BCUT2D eigenvalue weighted by Crippen LogP contribution is 2.51. The Morgan fingerprint density at radius 2 is 1.80 bits per heavy atom. The zero-order valence-electron chi connectivity index (χ0n) is 17.2. The average molecular weight is 354 g/mol. The third-order valence-electron chi connectivity index (χ3n) is 6.90. The monoisotopic (exact) mass is 353 g/mol. The van der Waals surface area contributed by atoms with Gasteiger partial charge in [-0.25, -0.2) is 0 Å². The first-order chi connectivity index (χ1) is 11.8. The second-order valence-corrected chi connectivity index (χ2v) is 8.81. The van der Waals surface area contributed by atoms with Crippen molar-refractivity contribution < 1.29 is 14.3 Å². The predicted octanol–water partition coefficient (Wildman–Crippen LogP) is 4.41. The van der Waals surface area contributed by atoms with Crippen molar-refractivity contribution in [2.75, 3.05) is 13.1 Å². The molecule has 3 rings (SSSR count). The maximum Gasteiger partial charge on any atom is 0.209 e. The van der Waals surface area contributed by atoms with E-state index < -0.39 is 0 Å². The highest BCUT2D eigenvalue weighted by molar-refractivity contribution is 5.46. The molecular weight excluding hydrogens is 314 g/mol. The van der Waals surface area contributed by atoms with Crippen molar-refractivity contribution >= 4 is 6.41 Å². The van der Waals surface area contributed by atoms with Crippen LogP contribution >= 0.6 is 0 Å². The predicted molar refractivity (Wildman–Crippen MR) is 102 cm³/mol. The molecule has 1 aliphatic carbocycles. The second-order valence-electron chi connectivity index (χ2n) is 8.81. The Morgan fingerprint density at radius 3 is 2.20 bits per heavy atom. The molecule has 25 heavy (non-hydrogen) atoms. The van der Waals surface area contributed by atoms with Crippen LogP contribution in [0.2, 0.25) is 0 Å². The van der Waals surface area contributed by atoms with Gasteiger partial charge in [-0.05, 0) is 71.1 Å². The quantitative estimate of drug-likeness (QED) is 0.479. The Morgan fingerprint density at radius 1 is 1.16 bits per heavy atom. The SMILES string of the molecule is CCC(C)(CCC1OC1(C)C)C1CCC2OC2C1.CCN(C=O)CC. The van der Waals surface area contributed by atoms with Crippen LogP contribution in [0.4, 0.5) is 0 Å². The number of amides is 1. The summed E-state index contributed by atoms with van der Waals surface area (Å²) in [4.78, 5) is 11.6. The van der Waals surface area contributed by atoms with Crippen LogP contribution in [-0.2, 0) is 14.3 Å². The molecule has 4 heteroatoms. The van der Waals surface area contributed by atoms with Crippen LogP contribution in [-0.4, -0.2) is 48.3 Å². The van der Waals surface area contributed by atoms with E-state index in [1.165, 1.54) is 38.5 Å². The first-order valence-corrected chi connectivity index (χ1v) is 10.3. The van der Waals surface area contributed by atoms with Crippen LogP contribution in [0, 0.1) is 11.3 Å². The van der Waals surface area contributed by atoms with E-state index in [0.29, 0.717) is 23.7 Å². The molecule has 2 heterocycles. The normalized spacial score (nSPS) is 34.0. The van der Waals surface area contributed by atoms with Crippen molar-refractivity contribution in [1.29, 1.82) is 0 Å². The molecule has 5 atom stereocenters. The molecule has 4 nitrogen and oxygen atoms in total. The van der Waals surface area contributed by atoms with Crippen LogP contribution in [0.25, 0.3) is 0 Å². The number of carbonyl (C=O) groups excluding carboxylic acids is 1. The topological polar surface area (TPSA) is 45.4 Å². The van der Waals surface area contributed by atoms with E-state index in [0.717, 1.165) is 25.4 Å². The second kappa shape index (κ2) is 8.39. The lowest BCUT2D eigenvalue weighted by atomic mass is 9.66. The number of hydrogen-bond donors (Lipinski definition) is 0.